The van der Waals surface area contributed by atoms with Gasteiger partial charge in [-0.1, -0.05) is 26.2 Å². The summed E-state index contributed by atoms with van der Waals surface area (Å²) in [5.41, 5.74) is 0.0726. The zero-order chi connectivity index (χ0) is 13.7. The molecule has 110 valence electrons. The summed E-state index contributed by atoms with van der Waals surface area (Å²) in [5.74, 6) is 1.52. The third-order valence-electron chi connectivity index (χ3n) is 5.09. The average Bonchev–Trinajstić information content (AvgIpc) is 2.39. The first-order valence-electron chi connectivity index (χ1n) is 8.11. The standard InChI is InChI=1S/C16H30N2O/c1-13(14-6-10-17-11-7-14)12-15(19)18-16(2)8-4-3-5-9-16/h13-14,17H,3-12H2,1-2H3,(H,18,19). The van der Waals surface area contributed by atoms with Crippen LogP contribution in [0.4, 0.5) is 0 Å². The van der Waals surface area contributed by atoms with Crippen LogP contribution in [0.5, 0.6) is 0 Å². The molecule has 2 N–H and O–H groups in total. The number of hydrogen-bond acceptors (Lipinski definition) is 2. The lowest BCUT2D eigenvalue weighted by molar-refractivity contribution is -0.124. The van der Waals surface area contributed by atoms with Gasteiger partial charge in [0.1, 0.15) is 0 Å². The molecule has 1 heterocycles. The molecule has 0 aromatic carbocycles. The van der Waals surface area contributed by atoms with E-state index in [2.05, 4.69) is 24.5 Å². The zero-order valence-electron chi connectivity index (χ0n) is 12.6. The van der Waals surface area contributed by atoms with Gasteiger partial charge in [0.2, 0.25) is 5.91 Å². The first-order valence-corrected chi connectivity index (χ1v) is 8.11. The van der Waals surface area contributed by atoms with E-state index < -0.39 is 0 Å². The average molecular weight is 266 g/mol. The van der Waals surface area contributed by atoms with Crippen molar-refractivity contribution in [1.29, 1.82) is 0 Å². The summed E-state index contributed by atoms with van der Waals surface area (Å²) in [5, 5.41) is 6.70. The van der Waals surface area contributed by atoms with E-state index in [1.54, 1.807) is 0 Å². The van der Waals surface area contributed by atoms with Gasteiger partial charge in [0, 0.05) is 12.0 Å². The van der Waals surface area contributed by atoms with Crippen LogP contribution < -0.4 is 10.6 Å². The van der Waals surface area contributed by atoms with Crippen molar-refractivity contribution in [2.75, 3.05) is 13.1 Å². The number of carbonyl (C=O) groups excluding carboxylic acids is 1. The smallest absolute Gasteiger partial charge is 0.220 e. The molecule has 3 nitrogen and oxygen atoms in total. The molecule has 0 aromatic rings. The van der Waals surface area contributed by atoms with Gasteiger partial charge in [0.25, 0.3) is 0 Å². The van der Waals surface area contributed by atoms with Crippen LogP contribution in [0.1, 0.15) is 65.2 Å². The number of carbonyl (C=O) groups is 1. The Bertz CT molecular complexity index is 291. The molecule has 2 fully saturated rings. The Labute approximate surface area is 117 Å². The van der Waals surface area contributed by atoms with Crippen LogP contribution in [0.3, 0.4) is 0 Å². The Morgan fingerprint density at radius 2 is 1.89 bits per heavy atom. The summed E-state index contributed by atoms with van der Waals surface area (Å²) in [7, 11) is 0. The molecular weight excluding hydrogens is 236 g/mol. The molecule has 0 aromatic heterocycles. The maximum atomic E-state index is 12.2. The van der Waals surface area contributed by atoms with Gasteiger partial charge in [-0.25, -0.2) is 0 Å². The lowest BCUT2D eigenvalue weighted by Crippen LogP contribution is -2.47. The monoisotopic (exact) mass is 266 g/mol. The molecule has 19 heavy (non-hydrogen) atoms. The predicted octanol–water partition coefficient (Wildman–Crippen LogP) is 2.85. The van der Waals surface area contributed by atoms with Crippen LogP contribution in [0, 0.1) is 11.8 Å². The molecule has 2 aliphatic rings. The van der Waals surface area contributed by atoms with E-state index in [0.717, 1.165) is 31.8 Å². The number of amides is 1. The van der Waals surface area contributed by atoms with Crippen molar-refractivity contribution in [3.8, 4) is 0 Å². The molecular formula is C16H30N2O. The highest BCUT2D eigenvalue weighted by atomic mass is 16.1. The molecule has 1 saturated heterocycles. The molecule has 3 heteroatoms. The van der Waals surface area contributed by atoms with Crippen LogP contribution in [0.2, 0.25) is 0 Å². The van der Waals surface area contributed by atoms with Gasteiger partial charge >= 0.3 is 0 Å². The number of hydrogen-bond donors (Lipinski definition) is 2. The summed E-state index contributed by atoms with van der Waals surface area (Å²) >= 11 is 0. The highest BCUT2D eigenvalue weighted by Gasteiger charge is 2.29. The second kappa shape index (κ2) is 6.74. The Morgan fingerprint density at radius 1 is 1.26 bits per heavy atom. The van der Waals surface area contributed by atoms with E-state index in [1.165, 1.54) is 32.1 Å². The number of nitrogens with one attached hydrogen (secondary N) is 2. The fraction of sp³-hybridized carbons (Fsp3) is 0.938. The van der Waals surface area contributed by atoms with Crippen LogP contribution in [0.25, 0.3) is 0 Å². The molecule has 1 aliphatic carbocycles. The molecule has 0 bridgehead atoms. The Balaban J connectivity index is 1.76. The Hall–Kier alpha value is -0.570. The SMILES string of the molecule is CC(CC(=O)NC1(C)CCCCC1)C1CCNCC1. The maximum Gasteiger partial charge on any atom is 0.220 e. The van der Waals surface area contributed by atoms with Gasteiger partial charge in [-0.15, -0.1) is 0 Å². The number of piperidine rings is 1. The minimum Gasteiger partial charge on any atom is -0.351 e. The predicted molar refractivity (Wildman–Crippen MR) is 79.0 cm³/mol. The van der Waals surface area contributed by atoms with Crippen molar-refractivity contribution >= 4 is 5.91 Å². The molecule has 1 amide bonds. The Kier molecular flexibility index (Phi) is 5.26. The molecule has 1 unspecified atom stereocenters. The highest BCUT2D eigenvalue weighted by Crippen LogP contribution is 2.29. The molecule has 1 aliphatic heterocycles. The number of rotatable bonds is 4. The van der Waals surface area contributed by atoms with Crippen molar-refractivity contribution in [2.45, 2.75) is 70.8 Å². The van der Waals surface area contributed by atoms with E-state index in [1.807, 2.05) is 0 Å². The zero-order valence-corrected chi connectivity index (χ0v) is 12.6. The van der Waals surface area contributed by atoms with Crippen molar-refractivity contribution in [3.63, 3.8) is 0 Å². The topological polar surface area (TPSA) is 41.1 Å². The highest BCUT2D eigenvalue weighted by molar-refractivity contribution is 5.77. The first-order chi connectivity index (χ1) is 9.09. The molecule has 1 atom stereocenters. The van der Waals surface area contributed by atoms with Gasteiger partial charge in [0.05, 0.1) is 0 Å². The van der Waals surface area contributed by atoms with E-state index >= 15 is 0 Å². The molecule has 1 saturated carbocycles. The van der Waals surface area contributed by atoms with Crippen LogP contribution in [-0.4, -0.2) is 24.5 Å². The molecule has 2 rings (SSSR count). The summed E-state index contributed by atoms with van der Waals surface area (Å²) in [6.45, 7) is 6.71. The summed E-state index contributed by atoms with van der Waals surface area (Å²) in [6.07, 6.45) is 9.33. The lowest BCUT2D eigenvalue weighted by Gasteiger charge is -2.35. The molecule has 0 spiro atoms. The largest absolute Gasteiger partial charge is 0.351 e. The van der Waals surface area contributed by atoms with Crippen LogP contribution in [0.15, 0.2) is 0 Å². The van der Waals surface area contributed by atoms with Gasteiger partial charge in [-0.2, -0.15) is 0 Å². The van der Waals surface area contributed by atoms with E-state index in [0.29, 0.717) is 12.3 Å². The normalized spacial score (nSPS) is 25.8. The second-order valence-corrected chi connectivity index (χ2v) is 6.94. The minimum atomic E-state index is 0.0726. The minimum absolute atomic E-state index is 0.0726. The van der Waals surface area contributed by atoms with Crippen LogP contribution >= 0.6 is 0 Å². The summed E-state index contributed by atoms with van der Waals surface area (Å²) in [6, 6.07) is 0. The fourth-order valence-electron chi connectivity index (χ4n) is 3.72. The van der Waals surface area contributed by atoms with Crippen molar-refractivity contribution in [3.05, 3.63) is 0 Å². The maximum absolute atomic E-state index is 12.2. The Morgan fingerprint density at radius 3 is 2.53 bits per heavy atom. The summed E-state index contributed by atoms with van der Waals surface area (Å²) < 4.78 is 0. The first kappa shape index (κ1) is 14.8. The fourth-order valence-corrected chi connectivity index (χ4v) is 3.72. The summed E-state index contributed by atoms with van der Waals surface area (Å²) in [4.78, 5) is 12.2. The van der Waals surface area contributed by atoms with Gasteiger partial charge in [-0.3, -0.25) is 4.79 Å². The van der Waals surface area contributed by atoms with Crippen LogP contribution in [-0.2, 0) is 4.79 Å². The molecule has 0 radical (unpaired) electrons. The van der Waals surface area contributed by atoms with Gasteiger partial charge in [-0.05, 0) is 57.5 Å². The van der Waals surface area contributed by atoms with E-state index in [4.69, 9.17) is 0 Å². The third kappa shape index (κ3) is 4.48. The second-order valence-electron chi connectivity index (χ2n) is 6.94. The van der Waals surface area contributed by atoms with E-state index in [9.17, 15) is 4.79 Å². The van der Waals surface area contributed by atoms with Crippen molar-refractivity contribution < 1.29 is 4.79 Å². The quantitative estimate of drug-likeness (QED) is 0.821. The van der Waals surface area contributed by atoms with Gasteiger partial charge < -0.3 is 10.6 Å². The van der Waals surface area contributed by atoms with Crippen molar-refractivity contribution in [2.24, 2.45) is 11.8 Å². The van der Waals surface area contributed by atoms with Crippen molar-refractivity contribution in [1.82, 2.24) is 10.6 Å². The van der Waals surface area contributed by atoms with E-state index in [-0.39, 0.29) is 11.4 Å². The van der Waals surface area contributed by atoms with Gasteiger partial charge in [0.15, 0.2) is 0 Å². The lowest BCUT2D eigenvalue weighted by atomic mass is 9.81. The third-order valence-corrected chi connectivity index (χ3v) is 5.09.